The number of hydrogen-bond acceptors (Lipinski definition) is 8. The van der Waals surface area contributed by atoms with Crippen molar-refractivity contribution in [3.05, 3.63) is 26.8 Å². The number of thiophene rings is 1. The van der Waals surface area contributed by atoms with Crippen LogP contribution in [0.5, 0.6) is 0 Å². The zero-order chi connectivity index (χ0) is 22.6. The van der Waals surface area contributed by atoms with Crippen LogP contribution in [0.4, 0.5) is 5.13 Å². The number of hydrogen-bond donors (Lipinski definition) is 1. The molecule has 1 amide bonds. The summed E-state index contributed by atoms with van der Waals surface area (Å²) in [5, 5.41) is 14.5. The van der Waals surface area contributed by atoms with Crippen LogP contribution in [0.1, 0.15) is 59.9 Å². The molecule has 1 atom stereocenters. The van der Waals surface area contributed by atoms with Gasteiger partial charge in [0.1, 0.15) is 10.7 Å². The van der Waals surface area contributed by atoms with Crippen molar-refractivity contribution >= 4 is 61.3 Å². The second-order valence-corrected chi connectivity index (χ2v) is 12.0. The lowest BCUT2D eigenvalue weighted by Crippen LogP contribution is -2.14. The highest BCUT2D eigenvalue weighted by atomic mass is 32.2. The fourth-order valence-corrected chi connectivity index (χ4v) is 7.09. The first kappa shape index (κ1) is 21.8. The predicted octanol–water partition coefficient (Wildman–Crippen LogP) is 5.39. The quantitative estimate of drug-likeness (QED) is 0.381. The first-order valence-corrected chi connectivity index (χ1v) is 13.5. The molecule has 0 saturated carbocycles. The van der Waals surface area contributed by atoms with Gasteiger partial charge in [-0.15, -0.1) is 32.9 Å². The molecule has 1 aliphatic rings. The van der Waals surface area contributed by atoms with Gasteiger partial charge in [0.2, 0.25) is 5.91 Å². The van der Waals surface area contributed by atoms with Gasteiger partial charge in [-0.2, -0.15) is 0 Å². The van der Waals surface area contributed by atoms with Crippen LogP contribution in [-0.2, 0) is 17.6 Å². The van der Waals surface area contributed by atoms with E-state index in [0.717, 1.165) is 45.1 Å². The van der Waals surface area contributed by atoms with Crippen LogP contribution in [0.15, 0.2) is 5.16 Å². The molecule has 0 aliphatic heterocycles. The Balaban J connectivity index is 1.48. The van der Waals surface area contributed by atoms with Crippen molar-refractivity contribution < 1.29 is 4.79 Å². The van der Waals surface area contributed by atoms with E-state index in [1.807, 2.05) is 25.2 Å². The molecular weight excluding hydrogens is 460 g/mol. The van der Waals surface area contributed by atoms with Gasteiger partial charge in [-0.3, -0.25) is 9.20 Å². The molecule has 10 heteroatoms. The molecule has 0 aromatic carbocycles. The highest BCUT2D eigenvalue weighted by Gasteiger charge is 2.26. The summed E-state index contributed by atoms with van der Waals surface area (Å²) in [6, 6.07) is 0. The van der Waals surface area contributed by atoms with Crippen LogP contribution in [0.2, 0.25) is 0 Å². The summed E-state index contributed by atoms with van der Waals surface area (Å²) < 4.78 is 2.06. The molecule has 0 fully saturated rings. The number of thioether (sulfide) groups is 1. The number of aromatic nitrogens is 5. The normalized spacial score (nSPS) is 16.2. The van der Waals surface area contributed by atoms with E-state index >= 15 is 0 Å². The van der Waals surface area contributed by atoms with Gasteiger partial charge < -0.3 is 5.32 Å². The van der Waals surface area contributed by atoms with Gasteiger partial charge in [0, 0.05) is 15.7 Å². The number of nitrogens with one attached hydrogen (secondary N) is 1. The number of rotatable bonds is 5. The molecule has 32 heavy (non-hydrogen) atoms. The summed E-state index contributed by atoms with van der Waals surface area (Å²) in [6.45, 7) is 10.5. The molecule has 0 spiro atoms. The third-order valence-corrected chi connectivity index (χ3v) is 8.98. The van der Waals surface area contributed by atoms with Crippen molar-refractivity contribution in [2.45, 2.75) is 65.0 Å². The summed E-state index contributed by atoms with van der Waals surface area (Å²) in [5.41, 5.74) is 3.22. The Bertz CT molecular complexity index is 1320. The average molecular weight is 487 g/mol. The van der Waals surface area contributed by atoms with E-state index in [1.165, 1.54) is 40.0 Å². The largest absolute Gasteiger partial charge is 0.301 e. The van der Waals surface area contributed by atoms with Crippen LogP contribution in [0.25, 0.3) is 15.9 Å². The molecule has 5 rings (SSSR count). The Labute approximate surface area is 199 Å². The van der Waals surface area contributed by atoms with E-state index < -0.39 is 0 Å². The smallest absolute Gasteiger partial charge is 0.236 e. The van der Waals surface area contributed by atoms with Crippen molar-refractivity contribution in [2.24, 2.45) is 5.92 Å². The number of aryl methyl sites for hydroxylation is 3. The highest BCUT2D eigenvalue weighted by Crippen LogP contribution is 2.40. The zero-order valence-electron chi connectivity index (χ0n) is 18.9. The van der Waals surface area contributed by atoms with Crippen LogP contribution >= 0.6 is 34.4 Å². The lowest BCUT2D eigenvalue weighted by Gasteiger charge is -2.17. The number of carbonyl (C=O) groups is 1. The Kier molecular flexibility index (Phi) is 5.71. The summed E-state index contributed by atoms with van der Waals surface area (Å²) in [7, 11) is 0. The van der Waals surface area contributed by atoms with E-state index in [0.29, 0.717) is 16.2 Å². The maximum Gasteiger partial charge on any atom is 0.236 e. The van der Waals surface area contributed by atoms with E-state index in [-0.39, 0.29) is 17.6 Å². The van der Waals surface area contributed by atoms with Crippen molar-refractivity contribution in [1.29, 1.82) is 0 Å². The van der Waals surface area contributed by atoms with Crippen molar-refractivity contribution in [3.63, 3.8) is 0 Å². The number of anilines is 1. The summed E-state index contributed by atoms with van der Waals surface area (Å²) in [6.07, 6.45) is 3.38. The molecule has 0 saturated heterocycles. The molecule has 1 N–H and O–H groups in total. The fourth-order valence-electron chi connectivity index (χ4n) is 4.13. The lowest BCUT2D eigenvalue weighted by atomic mass is 9.89. The topological polar surface area (TPSA) is 85.1 Å². The molecule has 0 radical (unpaired) electrons. The standard InChI is InChI=1S/C22H26N6OS3/c1-10(2)18-25-20-17(14-7-6-11(3)8-15(14)32-20)19-26-27-22(28(18)19)30-9-16(29)24-21-23-12(4)13(5)31-21/h10-11H,6-9H2,1-5H3,(H,23,24,29)/t11-/m1/s1. The minimum Gasteiger partial charge on any atom is -0.301 e. The number of carbonyl (C=O) groups excluding carboxylic acids is 1. The van der Waals surface area contributed by atoms with Crippen molar-refractivity contribution in [2.75, 3.05) is 11.1 Å². The van der Waals surface area contributed by atoms with Crippen LogP contribution < -0.4 is 5.32 Å². The van der Waals surface area contributed by atoms with E-state index in [9.17, 15) is 4.79 Å². The monoisotopic (exact) mass is 486 g/mol. The predicted molar refractivity (Wildman–Crippen MR) is 132 cm³/mol. The van der Waals surface area contributed by atoms with Gasteiger partial charge >= 0.3 is 0 Å². The molecule has 0 bridgehead atoms. The molecule has 4 aromatic heterocycles. The highest BCUT2D eigenvalue weighted by molar-refractivity contribution is 7.99. The molecule has 4 aromatic rings. The van der Waals surface area contributed by atoms with Gasteiger partial charge in [0.15, 0.2) is 15.9 Å². The third-order valence-electron chi connectivity index (χ3n) is 5.92. The zero-order valence-corrected chi connectivity index (χ0v) is 21.3. The number of nitrogens with zero attached hydrogens (tertiary/aromatic N) is 5. The van der Waals surface area contributed by atoms with E-state index in [2.05, 4.69) is 45.7 Å². The summed E-state index contributed by atoms with van der Waals surface area (Å²) >= 11 is 4.70. The fraction of sp³-hybridized carbons (Fsp3) is 0.500. The number of amides is 1. The minimum atomic E-state index is -0.0949. The van der Waals surface area contributed by atoms with Crippen LogP contribution in [-0.4, -0.2) is 36.2 Å². The maximum atomic E-state index is 12.5. The minimum absolute atomic E-state index is 0.0949. The number of thiazole rings is 1. The Morgan fingerprint density at radius 1 is 1.25 bits per heavy atom. The molecular formula is C22H26N6OS3. The third kappa shape index (κ3) is 3.82. The molecule has 7 nitrogen and oxygen atoms in total. The first-order chi connectivity index (χ1) is 15.3. The molecule has 1 aliphatic carbocycles. The van der Waals surface area contributed by atoms with Gasteiger partial charge in [-0.25, -0.2) is 9.97 Å². The Hall–Kier alpha value is -2.04. The van der Waals surface area contributed by atoms with E-state index in [4.69, 9.17) is 4.98 Å². The maximum absolute atomic E-state index is 12.5. The molecule has 4 heterocycles. The van der Waals surface area contributed by atoms with Crippen molar-refractivity contribution in [3.8, 4) is 0 Å². The Morgan fingerprint density at radius 3 is 2.78 bits per heavy atom. The SMILES string of the molecule is Cc1nc(NC(=O)CSc2nnc3c4c5c(sc4nc(C(C)C)n23)C[C@H](C)CC5)sc1C. The van der Waals surface area contributed by atoms with Crippen LogP contribution in [0.3, 0.4) is 0 Å². The van der Waals surface area contributed by atoms with Crippen molar-refractivity contribution in [1.82, 2.24) is 24.6 Å². The van der Waals surface area contributed by atoms with Gasteiger partial charge in [-0.05, 0) is 44.6 Å². The lowest BCUT2D eigenvalue weighted by molar-refractivity contribution is -0.113. The molecule has 168 valence electrons. The summed E-state index contributed by atoms with van der Waals surface area (Å²) in [5.74, 6) is 2.02. The summed E-state index contributed by atoms with van der Waals surface area (Å²) in [4.78, 5) is 25.6. The first-order valence-electron chi connectivity index (χ1n) is 10.9. The van der Waals surface area contributed by atoms with Gasteiger partial charge in [0.05, 0.1) is 16.8 Å². The van der Waals surface area contributed by atoms with E-state index in [1.54, 1.807) is 0 Å². The van der Waals surface area contributed by atoms with Crippen LogP contribution in [0, 0.1) is 19.8 Å². The second-order valence-electron chi connectivity index (χ2n) is 8.80. The Morgan fingerprint density at radius 2 is 2.06 bits per heavy atom. The second kappa shape index (κ2) is 8.39. The van der Waals surface area contributed by atoms with Gasteiger partial charge in [0.25, 0.3) is 0 Å². The number of fused-ring (bicyclic) bond motifs is 5. The van der Waals surface area contributed by atoms with Gasteiger partial charge in [-0.1, -0.05) is 32.5 Å². The average Bonchev–Trinajstić information content (AvgIpc) is 3.40. The molecule has 0 unspecified atom stereocenters.